The van der Waals surface area contributed by atoms with E-state index in [0.717, 1.165) is 38.2 Å². The van der Waals surface area contributed by atoms with Gasteiger partial charge in [-0.15, -0.1) is 0 Å². The third-order valence-electron chi connectivity index (χ3n) is 4.37. The van der Waals surface area contributed by atoms with Crippen molar-refractivity contribution < 1.29 is 9.53 Å². The van der Waals surface area contributed by atoms with E-state index < -0.39 is 0 Å². The minimum atomic E-state index is -0.273. The summed E-state index contributed by atoms with van der Waals surface area (Å²) < 4.78 is 5.58. The fraction of sp³-hybridized carbons (Fsp3) is 0.929. The molecule has 2 fully saturated rings. The Balaban J connectivity index is 1.72. The second kappa shape index (κ2) is 6.02. The average Bonchev–Trinajstić information content (AvgIpc) is 3.08. The van der Waals surface area contributed by atoms with Crippen molar-refractivity contribution in [2.45, 2.75) is 38.5 Å². The molecule has 104 valence electrons. The number of rotatable bonds is 7. The molecule has 0 bridgehead atoms. The lowest BCUT2D eigenvalue weighted by Gasteiger charge is -2.31. The quantitative estimate of drug-likeness (QED) is 0.699. The number of carbonyl (C=O) groups is 1. The van der Waals surface area contributed by atoms with Crippen LogP contribution in [-0.2, 0) is 9.53 Å². The van der Waals surface area contributed by atoms with E-state index in [-0.39, 0.29) is 11.3 Å². The highest BCUT2D eigenvalue weighted by molar-refractivity contribution is 5.83. The van der Waals surface area contributed by atoms with Gasteiger partial charge in [0.2, 0.25) is 5.91 Å². The summed E-state index contributed by atoms with van der Waals surface area (Å²) in [5.41, 5.74) is 5.56. The van der Waals surface area contributed by atoms with Crippen molar-refractivity contribution in [3.8, 4) is 0 Å². The Morgan fingerprint density at radius 1 is 1.39 bits per heavy atom. The molecule has 0 heterocycles. The normalized spacial score (nSPS) is 22.1. The van der Waals surface area contributed by atoms with Crippen molar-refractivity contribution in [2.24, 2.45) is 17.1 Å². The van der Waals surface area contributed by atoms with Crippen molar-refractivity contribution in [1.82, 2.24) is 4.90 Å². The van der Waals surface area contributed by atoms with Gasteiger partial charge in [-0.3, -0.25) is 4.79 Å². The zero-order valence-electron chi connectivity index (χ0n) is 11.5. The first-order valence-electron chi connectivity index (χ1n) is 7.21. The third-order valence-corrected chi connectivity index (χ3v) is 4.37. The minimum absolute atomic E-state index is 0.220. The number of nitrogens with zero attached hydrogens (tertiary/aromatic N) is 1. The summed E-state index contributed by atoms with van der Waals surface area (Å²) in [4.78, 5) is 14.2. The predicted molar refractivity (Wildman–Crippen MR) is 71.1 cm³/mol. The molecule has 2 rings (SSSR count). The van der Waals surface area contributed by atoms with Crippen molar-refractivity contribution >= 4 is 5.91 Å². The Bertz CT molecular complexity index is 284. The molecular formula is C14H26N2O2. The molecule has 18 heavy (non-hydrogen) atoms. The van der Waals surface area contributed by atoms with E-state index in [0.29, 0.717) is 19.7 Å². The summed E-state index contributed by atoms with van der Waals surface area (Å²) >= 11 is 0. The van der Waals surface area contributed by atoms with E-state index >= 15 is 0 Å². The molecule has 0 radical (unpaired) electrons. The van der Waals surface area contributed by atoms with Gasteiger partial charge in [0, 0.05) is 26.7 Å². The summed E-state index contributed by atoms with van der Waals surface area (Å²) in [6.07, 6.45) is 6.80. The highest BCUT2D eigenvalue weighted by atomic mass is 16.5. The van der Waals surface area contributed by atoms with Gasteiger partial charge in [-0.1, -0.05) is 12.8 Å². The first-order valence-corrected chi connectivity index (χ1v) is 7.21. The largest absolute Gasteiger partial charge is 0.379 e. The van der Waals surface area contributed by atoms with E-state index in [9.17, 15) is 4.79 Å². The lowest BCUT2D eigenvalue weighted by Crippen LogP contribution is -2.46. The molecule has 2 N–H and O–H groups in total. The fourth-order valence-electron chi connectivity index (χ4n) is 2.80. The van der Waals surface area contributed by atoms with Crippen LogP contribution < -0.4 is 5.73 Å². The molecule has 4 nitrogen and oxygen atoms in total. The average molecular weight is 254 g/mol. The molecule has 2 saturated carbocycles. The topological polar surface area (TPSA) is 55.6 Å². The van der Waals surface area contributed by atoms with Gasteiger partial charge < -0.3 is 15.4 Å². The number of hydrogen-bond donors (Lipinski definition) is 1. The Morgan fingerprint density at radius 3 is 2.61 bits per heavy atom. The molecule has 0 atom stereocenters. The third kappa shape index (κ3) is 3.23. The van der Waals surface area contributed by atoms with Gasteiger partial charge in [-0.2, -0.15) is 0 Å². The monoisotopic (exact) mass is 254 g/mol. The van der Waals surface area contributed by atoms with Gasteiger partial charge in [0.05, 0.1) is 12.0 Å². The molecule has 0 unspecified atom stereocenters. The van der Waals surface area contributed by atoms with Crippen LogP contribution in [0.1, 0.15) is 38.5 Å². The smallest absolute Gasteiger partial charge is 0.229 e. The molecule has 0 aromatic rings. The van der Waals surface area contributed by atoms with Gasteiger partial charge in [0.1, 0.15) is 0 Å². The van der Waals surface area contributed by atoms with Gasteiger partial charge in [-0.25, -0.2) is 0 Å². The van der Waals surface area contributed by atoms with Gasteiger partial charge >= 0.3 is 0 Å². The molecule has 2 aliphatic rings. The molecule has 0 aliphatic heterocycles. The highest BCUT2D eigenvalue weighted by Crippen LogP contribution is 2.38. The summed E-state index contributed by atoms with van der Waals surface area (Å²) in [6.45, 7) is 2.69. The fourth-order valence-corrected chi connectivity index (χ4v) is 2.80. The van der Waals surface area contributed by atoms with Crippen LogP contribution in [0.3, 0.4) is 0 Å². The van der Waals surface area contributed by atoms with E-state index in [1.54, 1.807) is 0 Å². The molecule has 0 spiro atoms. The van der Waals surface area contributed by atoms with E-state index in [4.69, 9.17) is 10.5 Å². The molecular weight excluding hydrogens is 228 g/mol. The maximum Gasteiger partial charge on any atom is 0.229 e. The highest BCUT2D eigenvalue weighted by Gasteiger charge is 2.41. The second-order valence-electron chi connectivity index (χ2n) is 5.94. The Morgan fingerprint density at radius 2 is 2.06 bits per heavy atom. The first-order chi connectivity index (χ1) is 8.68. The number of ether oxygens (including phenoxy) is 1. The lowest BCUT2D eigenvalue weighted by atomic mass is 9.85. The van der Waals surface area contributed by atoms with Gasteiger partial charge in [0.15, 0.2) is 0 Å². The predicted octanol–water partition coefficient (Wildman–Crippen LogP) is 1.39. The first kappa shape index (κ1) is 13.8. The zero-order valence-corrected chi connectivity index (χ0v) is 11.5. The standard InChI is InChI=1S/C14H26N2O2/c1-16(8-9-18-10-12-4-5-12)13(17)14(11-15)6-2-3-7-14/h12H,2-11,15H2,1H3. The number of amides is 1. The maximum absolute atomic E-state index is 12.4. The van der Waals surface area contributed by atoms with E-state index in [2.05, 4.69) is 0 Å². The Hall–Kier alpha value is -0.610. The van der Waals surface area contributed by atoms with Gasteiger partial charge in [0.25, 0.3) is 0 Å². The molecule has 0 saturated heterocycles. The van der Waals surface area contributed by atoms with Crippen LogP contribution in [0.15, 0.2) is 0 Å². The van der Waals surface area contributed by atoms with Gasteiger partial charge in [-0.05, 0) is 31.6 Å². The summed E-state index contributed by atoms with van der Waals surface area (Å²) in [5, 5.41) is 0. The van der Waals surface area contributed by atoms with Crippen molar-refractivity contribution in [3.05, 3.63) is 0 Å². The zero-order chi connectivity index (χ0) is 13.0. The Kier molecular flexibility index (Phi) is 4.62. The van der Waals surface area contributed by atoms with Crippen LogP contribution in [0, 0.1) is 11.3 Å². The molecule has 2 aliphatic carbocycles. The number of carbonyl (C=O) groups excluding carboxylic acids is 1. The number of nitrogens with two attached hydrogens (primary N) is 1. The molecule has 1 amide bonds. The molecule has 0 aromatic heterocycles. The van der Waals surface area contributed by atoms with Crippen molar-refractivity contribution in [1.29, 1.82) is 0 Å². The molecule has 4 heteroatoms. The molecule has 0 aromatic carbocycles. The van der Waals surface area contributed by atoms with Crippen molar-refractivity contribution in [2.75, 3.05) is 33.4 Å². The minimum Gasteiger partial charge on any atom is -0.379 e. The SMILES string of the molecule is CN(CCOCC1CC1)C(=O)C1(CN)CCCC1. The van der Waals surface area contributed by atoms with Crippen LogP contribution >= 0.6 is 0 Å². The van der Waals surface area contributed by atoms with Crippen LogP contribution in [0.4, 0.5) is 0 Å². The van der Waals surface area contributed by atoms with Crippen molar-refractivity contribution in [3.63, 3.8) is 0 Å². The summed E-state index contributed by atoms with van der Waals surface area (Å²) in [7, 11) is 1.87. The number of likely N-dealkylation sites (N-methyl/N-ethyl adjacent to an activating group) is 1. The van der Waals surface area contributed by atoms with Crippen LogP contribution in [0.2, 0.25) is 0 Å². The summed E-state index contributed by atoms with van der Waals surface area (Å²) in [6, 6.07) is 0. The summed E-state index contributed by atoms with van der Waals surface area (Å²) in [5.74, 6) is 1.01. The van der Waals surface area contributed by atoms with E-state index in [1.165, 1.54) is 12.8 Å². The Labute approximate surface area is 110 Å². The van der Waals surface area contributed by atoms with E-state index in [1.807, 2.05) is 11.9 Å². The van der Waals surface area contributed by atoms with Crippen LogP contribution in [-0.4, -0.2) is 44.2 Å². The number of hydrogen-bond acceptors (Lipinski definition) is 3. The van der Waals surface area contributed by atoms with Crippen LogP contribution in [0.5, 0.6) is 0 Å². The maximum atomic E-state index is 12.4. The lowest BCUT2D eigenvalue weighted by molar-refractivity contribution is -0.140. The van der Waals surface area contributed by atoms with Crippen LogP contribution in [0.25, 0.3) is 0 Å². The second-order valence-corrected chi connectivity index (χ2v) is 5.94.